The number of hydrogen-bond acceptors (Lipinski definition) is 4. The smallest absolute Gasteiger partial charge is 0.137 e. The number of aromatic nitrogens is 1. The van der Waals surface area contributed by atoms with Gasteiger partial charge in [-0.25, -0.2) is 0 Å². The van der Waals surface area contributed by atoms with Gasteiger partial charge in [-0.2, -0.15) is 0 Å². The van der Waals surface area contributed by atoms with E-state index in [1.807, 2.05) is 25.4 Å². The van der Waals surface area contributed by atoms with E-state index in [1.165, 1.54) is 0 Å². The van der Waals surface area contributed by atoms with Gasteiger partial charge in [-0.3, -0.25) is 9.88 Å². The Hall–Kier alpha value is -1.13. The predicted molar refractivity (Wildman–Crippen MR) is 88.8 cm³/mol. The fourth-order valence-corrected chi connectivity index (χ4v) is 2.63. The molecule has 1 rings (SSSR count). The molecule has 1 heterocycles. The summed E-state index contributed by atoms with van der Waals surface area (Å²) in [5.41, 5.74) is 1.07. The summed E-state index contributed by atoms with van der Waals surface area (Å²) >= 11 is 0. The number of rotatable bonds is 9. The Morgan fingerprint density at radius 1 is 1.19 bits per heavy atom. The second kappa shape index (κ2) is 9.00. The summed E-state index contributed by atoms with van der Waals surface area (Å²) in [6.45, 7) is 12.7. The Morgan fingerprint density at radius 2 is 1.86 bits per heavy atom. The van der Waals surface area contributed by atoms with E-state index in [-0.39, 0.29) is 0 Å². The maximum absolute atomic E-state index is 5.81. The maximum atomic E-state index is 5.81. The van der Waals surface area contributed by atoms with Crippen LogP contribution in [0.2, 0.25) is 0 Å². The van der Waals surface area contributed by atoms with Crippen LogP contribution < -0.4 is 10.1 Å². The van der Waals surface area contributed by atoms with Crippen LogP contribution in [0.4, 0.5) is 0 Å². The molecule has 0 bridgehead atoms. The number of hydrogen-bond donors (Lipinski definition) is 1. The lowest BCUT2D eigenvalue weighted by Gasteiger charge is -2.30. The van der Waals surface area contributed by atoms with Gasteiger partial charge in [0.2, 0.25) is 0 Å². The highest BCUT2D eigenvalue weighted by atomic mass is 16.5. The Kier molecular flexibility index (Phi) is 7.68. The zero-order chi connectivity index (χ0) is 15.8. The number of pyridine rings is 1. The monoisotopic (exact) mass is 293 g/mol. The minimum Gasteiger partial charge on any atom is -0.491 e. The number of nitrogens with zero attached hydrogens (tertiary/aromatic N) is 2. The molecule has 4 heteroatoms. The van der Waals surface area contributed by atoms with Gasteiger partial charge in [-0.1, -0.05) is 6.92 Å². The molecule has 1 unspecified atom stereocenters. The molecule has 21 heavy (non-hydrogen) atoms. The third-order valence-corrected chi connectivity index (χ3v) is 3.82. The van der Waals surface area contributed by atoms with Crippen molar-refractivity contribution in [1.82, 2.24) is 15.2 Å². The Labute approximate surface area is 129 Å². The predicted octanol–water partition coefficient (Wildman–Crippen LogP) is 3.25. The highest BCUT2D eigenvalue weighted by Crippen LogP contribution is 2.17. The molecule has 0 spiro atoms. The highest BCUT2D eigenvalue weighted by molar-refractivity contribution is 5.21. The Bertz CT molecular complexity index is 378. The van der Waals surface area contributed by atoms with Crippen molar-refractivity contribution in [1.29, 1.82) is 0 Å². The van der Waals surface area contributed by atoms with E-state index in [2.05, 4.69) is 49.8 Å². The van der Waals surface area contributed by atoms with Crippen molar-refractivity contribution in [2.24, 2.45) is 0 Å². The van der Waals surface area contributed by atoms with Crippen LogP contribution in [-0.2, 0) is 0 Å². The van der Waals surface area contributed by atoms with Gasteiger partial charge in [0.25, 0.3) is 0 Å². The molecule has 1 N–H and O–H groups in total. The molecular formula is C17H31N3O. The molecule has 1 aromatic rings. The molecule has 0 fully saturated rings. The van der Waals surface area contributed by atoms with Crippen molar-refractivity contribution in [3.8, 4) is 5.75 Å². The van der Waals surface area contributed by atoms with E-state index in [0.29, 0.717) is 24.7 Å². The standard InChI is InChI=1S/C17H31N3O/c1-7-16(18-6)17-9-8-15(12-19-17)21-11-10-20(13(2)3)14(4)5/h8-9,12-14,16,18H,7,10-11H2,1-6H3. The number of nitrogens with one attached hydrogen (secondary N) is 1. The molecule has 0 saturated carbocycles. The zero-order valence-corrected chi connectivity index (χ0v) is 14.4. The molecule has 0 aliphatic heterocycles. The van der Waals surface area contributed by atoms with Crippen molar-refractivity contribution in [2.45, 2.75) is 59.2 Å². The minimum absolute atomic E-state index is 0.316. The minimum atomic E-state index is 0.316. The van der Waals surface area contributed by atoms with E-state index in [0.717, 1.165) is 24.4 Å². The van der Waals surface area contributed by atoms with Crippen LogP contribution >= 0.6 is 0 Å². The van der Waals surface area contributed by atoms with Crippen LogP contribution in [0.5, 0.6) is 5.75 Å². The molecule has 0 aliphatic carbocycles. The van der Waals surface area contributed by atoms with Crippen molar-refractivity contribution in [2.75, 3.05) is 20.2 Å². The van der Waals surface area contributed by atoms with Gasteiger partial charge in [0.15, 0.2) is 0 Å². The van der Waals surface area contributed by atoms with E-state index in [9.17, 15) is 0 Å². The summed E-state index contributed by atoms with van der Waals surface area (Å²) in [4.78, 5) is 6.91. The summed E-state index contributed by atoms with van der Waals surface area (Å²) < 4.78 is 5.81. The van der Waals surface area contributed by atoms with Crippen molar-refractivity contribution in [3.63, 3.8) is 0 Å². The third kappa shape index (κ3) is 5.64. The molecule has 0 aliphatic rings. The van der Waals surface area contributed by atoms with Gasteiger partial charge >= 0.3 is 0 Å². The first-order valence-electron chi connectivity index (χ1n) is 8.01. The Balaban J connectivity index is 2.49. The van der Waals surface area contributed by atoms with Crippen LogP contribution in [0, 0.1) is 0 Å². The van der Waals surface area contributed by atoms with Gasteiger partial charge in [0.1, 0.15) is 12.4 Å². The molecule has 0 amide bonds. The van der Waals surface area contributed by atoms with Gasteiger partial charge in [0, 0.05) is 24.7 Å². The van der Waals surface area contributed by atoms with Gasteiger partial charge in [-0.05, 0) is 53.3 Å². The first kappa shape index (κ1) is 17.9. The SMILES string of the molecule is CCC(NC)c1ccc(OCCN(C(C)C)C(C)C)cn1. The lowest BCUT2D eigenvalue weighted by Crippen LogP contribution is -2.39. The molecule has 0 saturated heterocycles. The second-order valence-electron chi connectivity index (χ2n) is 5.94. The zero-order valence-electron chi connectivity index (χ0n) is 14.4. The van der Waals surface area contributed by atoms with Gasteiger partial charge in [-0.15, -0.1) is 0 Å². The summed E-state index contributed by atoms with van der Waals surface area (Å²) in [5, 5.41) is 3.26. The van der Waals surface area contributed by atoms with Gasteiger partial charge < -0.3 is 10.1 Å². The summed E-state index contributed by atoms with van der Waals surface area (Å²) in [5.74, 6) is 0.845. The topological polar surface area (TPSA) is 37.4 Å². The van der Waals surface area contributed by atoms with E-state index >= 15 is 0 Å². The van der Waals surface area contributed by atoms with Crippen molar-refractivity contribution < 1.29 is 4.74 Å². The highest BCUT2D eigenvalue weighted by Gasteiger charge is 2.13. The average molecular weight is 293 g/mol. The van der Waals surface area contributed by atoms with E-state index in [1.54, 1.807) is 0 Å². The van der Waals surface area contributed by atoms with Crippen LogP contribution in [0.1, 0.15) is 52.8 Å². The van der Waals surface area contributed by atoms with Crippen molar-refractivity contribution in [3.05, 3.63) is 24.0 Å². The van der Waals surface area contributed by atoms with Crippen LogP contribution in [0.3, 0.4) is 0 Å². The lowest BCUT2D eigenvalue weighted by atomic mass is 10.1. The fraction of sp³-hybridized carbons (Fsp3) is 0.706. The molecule has 0 radical (unpaired) electrons. The normalized spacial score (nSPS) is 13.2. The first-order valence-corrected chi connectivity index (χ1v) is 8.01. The second-order valence-corrected chi connectivity index (χ2v) is 5.94. The molecule has 120 valence electrons. The summed E-state index contributed by atoms with van der Waals surface area (Å²) in [6.07, 6.45) is 2.85. The van der Waals surface area contributed by atoms with Crippen LogP contribution in [0.15, 0.2) is 18.3 Å². The molecular weight excluding hydrogens is 262 g/mol. The molecule has 1 atom stereocenters. The Morgan fingerprint density at radius 3 is 2.29 bits per heavy atom. The van der Waals surface area contributed by atoms with E-state index in [4.69, 9.17) is 4.74 Å². The fourth-order valence-electron chi connectivity index (χ4n) is 2.63. The summed E-state index contributed by atoms with van der Waals surface area (Å²) in [7, 11) is 1.96. The molecule has 4 nitrogen and oxygen atoms in total. The molecule has 1 aromatic heterocycles. The van der Waals surface area contributed by atoms with Crippen LogP contribution in [-0.4, -0.2) is 42.2 Å². The quantitative estimate of drug-likeness (QED) is 0.758. The van der Waals surface area contributed by atoms with Crippen LogP contribution in [0.25, 0.3) is 0 Å². The van der Waals surface area contributed by atoms with Gasteiger partial charge in [0.05, 0.1) is 11.9 Å². The largest absolute Gasteiger partial charge is 0.491 e. The first-order chi connectivity index (χ1) is 9.99. The summed E-state index contributed by atoms with van der Waals surface area (Å²) in [6, 6.07) is 5.45. The number of ether oxygens (including phenoxy) is 1. The lowest BCUT2D eigenvalue weighted by molar-refractivity contribution is 0.142. The maximum Gasteiger partial charge on any atom is 0.137 e. The third-order valence-electron chi connectivity index (χ3n) is 3.82. The van der Waals surface area contributed by atoms with Crippen molar-refractivity contribution >= 4 is 0 Å². The average Bonchev–Trinajstić information content (AvgIpc) is 2.45. The molecule has 0 aromatic carbocycles. The van der Waals surface area contributed by atoms with E-state index < -0.39 is 0 Å².